The summed E-state index contributed by atoms with van der Waals surface area (Å²) in [5.41, 5.74) is 1.26. The SMILES string of the molecule is CC[C@@H](c1ccccc1)[C@@H]1CCCN1C(=O)CN1CCCS1(=O)=O. The van der Waals surface area contributed by atoms with E-state index in [4.69, 9.17) is 0 Å². The van der Waals surface area contributed by atoms with Crippen molar-refractivity contribution < 1.29 is 13.2 Å². The van der Waals surface area contributed by atoms with E-state index in [1.807, 2.05) is 23.1 Å². The second kappa shape index (κ2) is 7.23. The number of likely N-dealkylation sites (tertiary alicyclic amines) is 1. The quantitative estimate of drug-likeness (QED) is 0.818. The third kappa shape index (κ3) is 3.49. The summed E-state index contributed by atoms with van der Waals surface area (Å²) in [5, 5.41) is 0. The zero-order valence-corrected chi connectivity index (χ0v) is 15.0. The standard InChI is InChI=1S/C18H26N2O3S/c1-2-16(15-8-4-3-5-9-15)17-10-6-12-20(17)18(21)14-19-11-7-13-24(19,22)23/h3-5,8-9,16-17H,2,6-7,10-14H2,1H3/t16-,17-/m0/s1. The predicted octanol–water partition coefficient (Wildman–Crippen LogP) is 2.21. The maximum absolute atomic E-state index is 12.8. The Labute approximate surface area is 144 Å². The van der Waals surface area contributed by atoms with Crippen molar-refractivity contribution in [1.82, 2.24) is 9.21 Å². The van der Waals surface area contributed by atoms with Crippen molar-refractivity contribution in [3.63, 3.8) is 0 Å². The molecule has 1 aromatic carbocycles. The van der Waals surface area contributed by atoms with Crippen molar-refractivity contribution in [2.45, 2.75) is 44.6 Å². The van der Waals surface area contributed by atoms with E-state index >= 15 is 0 Å². The van der Waals surface area contributed by atoms with E-state index in [0.717, 1.165) is 25.8 Å². The van der Waals surface area contributed by atoms with E-state index in [0.29, 0.717) is 18.9 Å². The number of nitrogens with zero attached hydrogens (tertiary/aromatic N) is 2. The molecule has 0 aliphatic carbocycles. The Balaban J connectivity index is 1.74. The van der Waals surface area contributed by atoms with Gasteiger partial charge in [0, 0.05) is 25.0 Å². The minimum atomic E-state index is -3.22. The molecule has 3 rings (SSSR count). The van der Waals surface area contributed by atoms with Crippen LogP contribution in [0.5, 0.6) is 0 Å². The smallest absolute Gasteiger partial charge is 0.238 e. The summed E-state index contributed by atoms with van der Waals surface area (Å²) in [7, 11) is -3.22. The van der Waals surface area contributed by atoms with Crippen LogP contribution in [0.3, 0.4) is 0 Å². The molecule has 0 unspecified atom stereocenters. The van der Waals surface area contributed by atoms with E-state index in [-0.39, 0.29) is 24.2 Å². The van der Waals surface area contributed by atoms with Crippen LogP contribution < -0.4 is 0 Å². The van der Waals surface area contributed by atoms with Gasteiger partial charge in [0.05, 0.1) is 12.3 Å². The molecule has 0 bridgehead atoms. The topological polar surface area (TPSA) is 57.7 Å². The number of carbonyl (C=O) groups is 1. The van der Waals surface area contributed by atoms with Gasteiger partial charge >= 0.3 is 0 Å². The highest BCUT2D eigenvalue weighted by Gasteiger charge is 2.37. The molecule has 2 aliphatic rings. The van der Waals surface area contributed by atoms with Gasteiger partial charge in [0.1, 0.15) is 0 Å². The van der Waals surface area contributed by atoms with Gasteiger partial charge in [-0.25, -0.2) is 8.42 Å². The molecule has 2 aliphatic heterocycles. The van der Waals surface area contributed by atoms with Crippen LogP contribution in [0.1, 0.15) is 44.1 Å². The number of rotatable bonds is 5. The van der Waals surface area contributed by atoms with Crippen LogP contribution in [0.4, 0.5) is 0 Å². The van der Waals surface area contributed by atoms with E-state index in [9.17, 15) is 13.2 Å². The monoisotopic (exact) mass is 350 g/mol. The van der Waals surface area contributed by atoms with Gasteiger partial charge in [-0.3, -0.25) is 4.79 Å². The van der Waals surface area contributed by atoms with Crippen LogP contribution in [-0.4, -0.2) is 55.0 Å². The predicted molar refractivity (Wildman–Crippen MR) is 94.2 cm³/mol. The Kier molecular flexibility index (Phi) is 5.25. The van der Waals surface area contributed by atoms with E-state index < -0.39 is 10.0 Å². The molecule has 1 amide bonds. The molecule has 1 aromatic rings. The number of benzene rings is 1. The molecule has 2 saturated heterocycles. The summed E-state index contributed by atoms with van der Waals surface area (Å²) in [6, 6.07) is 10.5. The molecular formula is C18H26N2O3S. The average Bonchev–Trinajstić information content (AvgIpc) is 3.16. The minimum Gasteiger partial charge on any atom is -0.338 e. The fourth-order valence-electron chi connectivity index (χ4n) is 4.06. The summed E-state index contributed by atoms with van der Waals surface area (Å²) in [6.45, 7) is 3.37. The van der Waals surface area contributed by atoms with Crippen molar-refractivity contribution in [2.24, 2.45) is 0 Å². The molecule has 2 heterocycles. The Morgan fingerprint density at radius 3 is 2.58 bits per heavy atom. The molecule has 2 fully saturated rings. The third-order valence-electron chi connectivity index (χ3n) is 5.27. The Hall–Kier alpha value is -1.40. The van der Waals surface area contributed by atoms with Crippen molar-refractivity contribution >= 4 is 15.9 Å². The molecule has 0 saturated carbocycles. The molecule has 0 N–H and O–H groups in total. The van der Waals surface area contributed by atoms with E-state index in [1.165, 1.54) is 9.87 Å². The van der Waals surface area contributed by atoms with Crippen molar-refractivity contribution in [1.29, 1.82) is 0 Å². The molecule has 0 aromatic heterocycles. The first kappa shape index (κ1) is 17.4. The van der Waals surface area contributed by atoms with Gasteiger partial charge in [0.15, 0.2) is 0 Å². The van der Waals surface area contributed by atoms with Crippen LogP contribution in [0.15, 0.2) is 30.3 Å². The zero-order chi connectivity index (χ0) is 17.2. The molecule has 5 nitrogen and oxygen atoms in total. The second-order valence-electron chi connectivity index (χ2n) is 6.73. The Morgan fingerprint density at radius 1 is 1.21 bits per heavy atom. The Morgan fingerprint density at radius 2 is 1.96 bits per heavy atom. The van der Waals surface area contributed by atoms with Crippen molar-refractivity contribution in [3.05, 3.63) is 35.9 Å². The molecule has 24 heavy (non-hydrogen) atoms. The van der Waals surface area contributed by atoms with Gasteiger partial charge in [-0.15, -0.1) is 0 Å². The van der Waals surface area contributed by atoms with Crippen LogP contribution >= 0.6 is 0 Å². The molecule has 132 valence electrons. The van der Waals surface area contributed by atoms with Crippen molar-refractivity contribution in [3.8, 4) is 0 Å². The van der Waals surface area contributed by atoms with E-state index in [2.05, 4.69) is 19.1 Å². The molecule has 2 atom stereocenters. The number of hydrogen-bond donors (Lipinski definition) is 0. The lowest BCUT2D eigenvalue weighted by Gasteiger charge is -2.32. The van der Waals surface area contributed by atoms with Gasteiger partial charge in [0.25, 0.3) is 0 Å². The largest absolute Gasteiger partial charge is 0.338 e. The lowest BCUT2D eigenvalue weighted by molar-refractivity contribution is -0.132. The van der Waals surface area contributed by atoms with Crippen LogP contribution in [-0.2, 0) is 14.8 Å². The molecule has 6 heteroatoms. The Bertz CT molecular complexity index is 675. The summed E-state index contributed by atoms with van der Waals surface area (Å²) in [5.74, 6) is 0.441. The maximum atomic E-state index is 12.8. The van der Waals surface area contributed by atoms with Crippen LogP contribution in [0.2, 0.25) is 0 Å². The summed E-state index contributed by atoms with van der Waals surface area (Å²) in [4.78, 5) is 14.7. The van der Waals surface area contributed by atoms with Crippen molar-refractivity contribution in [2.75, 3.05) is 25.4 Å². The first-order valence-corrected chi connectivity index (χ1v) is 10.5. The number of amides is 1. The maximum Gasteiger partial charge on any atom is 0.238 e. The molecule has 0 radical (unpaired) electrons. The zero-order valence-electron chi connectivity index (χ0n) is 14.2. The lowest BCUT2D eigenvalue weighted by atomic mass is 9.87. The fraction of sp³-hybridized carbons (Fsp3) is 0.611. The summed E-state index contributed by atoms with van der Waals surface area (Å²) < 4.78 is 25.3. The summed E-state index contributed by atoms with van der Waals surface area (Å²) in [6.07, 6.45) is 3.58. The van der Waals surface area contributed by atoms with Gasteiger partial charge in [-0.1, -0.05) is 37.3 Å². The highest BCUT2D eigenvalue weighted by atomic mass is 32.2. The number of carbonyl (C=O) groups excluding carboxylic acids is 1. The first-order valence-electron chi connectivity index (χ1n) is 8.85. The van der Waals surface area contributed by atoms with E-state index in [1.54, 1.807) is 0 Å². The minimum absolute atomic E-state index is 0.00403. The highest BCUT2D eigenvalue weighted by Crippen LogP contribution is 2.33. The van der Waals surface area contributed by atoms with Gasteiger partial charge in [-0.2, -0.15) is 4.31 Å². The molecule has 0 spiro atoms. The molecular weight excluding hydrogens is 324 g/mol. The summed E-state index contributed by atoms with van der Waals surface area (Å²) >= 11 is 0. The lowest BCUT2D eigenvalue weighted by Crippen LogP contribution is -2.45. The van der Waals surface area contributed by atoms with Crippen LogP contribution in [0.25, 0.3) is 0 Å². The highest BCUT2D eigenvalue weighted by molar-refractivity contribution is 7.89. The van der Waals surface area contributed by atoms with Crippen LogP contribution in [0, 0.1) is 0 Å². The van der Waals surface area contributed by atoms with Gasteiger partial charge in [-0.05, 0) is 31.2 Å². The third-order valence-corrected chi connectivity index (χ3v) is 7.17. The normalized spacial score (nSPS) is 25.0. The second-order valence-corrected chi connectivity index (χ2v) is 8.81. The van der Waals surface area contributed by atoms with Gasteiger partial charge in [0.2, 0.25) is 15.9 Å². The number of sulfonamides is 1. The van der Waals surface area contributed by atoms with Gasteiger partial charge < -0.3 is 4.90 Å². The first-order chi connectivity index (χ1) is 11.5. The number of hydrogen-bond acceptors (Lipinski definition) is 3. The average molecular weight is 350 g/mol. The fourth-order valence-corrected chi connectivity index (χ4v) is 5.53.